The van der Waals surface area contributed by atoms with Gasteiger partial charge in [-0.3, -0.25) is 4.79 Å². The molecule has 7 heteroatoms. The van der Waals surface area contributed by atoms with E-state index in [1.807, 2.05) is 73.7 Å². The fourth-order valence-electron chi connectivity index (χ4n) is 4.13. The Morgan fingerprint density at radius 3 is 2.59 bits per heavy atom. The zero-order chi connectivity index (χ0) is 23.5. The van der Waals surface area contributed by atoms with Crippen LogP contribution >= 0.6 is 0 Å². The topological polar surface area (TPSA) is 81.1 Å². The number of carbonyl (C=O) groups excluding carboxylic acids is 1. The molecule has 1 aliphatic heterocycles. The molecule has 0 saturated carbocycles. The number of aromatic nitrogens is 3. The zero-order valence-electron chi connectivity index (χ0n) is 19.0. The quantitative estimate of drug-likeness (QED) is 0.427. The van der Waals surface area contributed by atoms with Crippen LogP contribution in [0.3, 0.4) is 0 Å². The Morgan fingerprint density at radius 1 is 1.03 bits per heavy atom. The molecule has 4 aromatic rings. The van der Waals surface area contributed by atoms with Crippen molar-refractivity contribution in [3.8, 4) is 5.75 Å². The van der Waals surface area contributed by atoms with Crippen molar-refractivity contribution in [1.29, 1.82) is 0 Å². The summed E-state index contributed by atoms with van der Waals surface area (Å²) in [6.07, 6.45) is 1.49. The molecule has 1 atom stereocenters. The minimum absolute atomic E-state index is 0.192. The molecule has 34 heavy (non-hydrogen) atoms. The minimum Gasteiger partial charge on any atom is -0.489 e. The maximum absolute atomic E-state index is 13.4. The van der Waals surface area contributed by atoms with Gasteiger partial charge in [0, 0.05) is 11.4 Å². The zero-order valence-corrected chi connectivity index (χ0v) is 19.0. The Labute approximate surface area is 198 Å². The van der Waals surface area contributed by atoms with Crippen molar-refractivity contribution in [2.45, 2.75) is 26.5 Å². The first-order valence-corrected chi connectivity index (χ1v) is 11.1. The Balaban J connectivity index is 1.41. The van der Waals surface area contributed by atoms with Crippen LogP contribution in [0.1, 0.15) is 29.7 Å². The smallest absolute Gasteiger partial charge is 0.255 e. The molecule has 2 heterocycles. The van der Waals surface area contributed by atoms with Crippen molar-refractivity contribution in [2.24, 2.45) is 0 Å². The highest BCUT2D eigenvalue weighted by Gasteiger charge is 2.33. The molecule has 3 aromatic carbocycles. The minimum atomic E-state index is -0.423. The third kappa shape index (κ3) is 4.41. The van der Waals surface area contributed by atoms with Gasteiger partial charge < -0.3 is 15.4 Å². The molecule has 1 amide bonds. The summed E-state index contributed by atoms with van der Waals surface area (Å²) in [7, 11) is 0. The van der Waals surface area contributed by atoms with E-state index < -0.39 is 6.04 Å². The monoisotopic (exact) mass is 451 g/mol. The van der Waals surface area contributed by atoms with Gasteiger partial charge in [-0.05, 0) is 49.2 Å². The Bertz CT molecular complexity index is 1340. The number of hydrogen-bond acceptors (Lipinski definition) is 5. The summed E-state index contributed by atoms with van der Waals surface area (Å²) in [6, 6.07) is 25.0. The number of aryl methyl sites for hydroxylation is 1. The van der Waals surface area contributed by atoms with Gasteiger partial charge in [0.25, 0.3) is 5.91 Å². The summed E-state index contributed by atoms with van der Waals surface area (Å²) in [5, 5.41) is 10.6. The van der Waals surface area contributed by atoms with Crippen LogP contribution < -0.4 is 15.4 Å². The van der Waals surface area contributed by atoms with E-state index in [-0.39, 0.29) is 5.91 Å². The SMILES string of the molecule is CC1=C(C(=O)Nc2ccccc2)[C@H](c2ccc(OCc3cccc(C)c3)cc2)n2ncnc2N1. The normalized spacial score (nSPS) is 14.8. The van der Waals surface area contributed by atoms with E-state index in [2.05, 4.69) is 39.8 Å². The van der Waals surface area contributed by atoms with Gasteiger partial charge in [0.15, 0.2) is 0 Å². The Hall–Kier alpha value is -4.39. The molecule has 0 unspecified atom stereocenters. The van der Waals surface area contributed by atoms with Gasteiger partial charge in [0.05, 0.1) is 5.57 Å². The first-order valence-electron chi connectivity index (χ1n) is 11.1. The number of nitrogens with zero attached hydrogens (tertiary/aromatic N) is 3. The molecule has 0 radical (unpaired) electrons. The molecule has 2 N–H and O–H groups in total. The van der Waals surface area contributed by atoms with E-state index in [9.17, 15) is 4.79 Å². The molecule has 7 nitrogen and oxygen atoms in total. The lowest BCUT2D eigenvalue weighted by Crippen LogP contribution is -2.31. The molecule has 5 rings (SSSR count). The number of nitrogens with one attached hydrogen (secondary N) is 2. The van der Waals surface area contributed by atoms with E-state index in [4.69, 9.17) is 4.74 Å². The van der Waals surface area contributed by atoms with Gasteiger partial charge in [-0.1, -0.05) is 60.2 Å². The van der Waals surface area contributed by atoms with Crippen molar-refractivity contribution in [2.75, 3.05) is 10.6 Å². The van der Waals surface area contributed by atoms with Crippen molar-refractivity contribution in [1.82, 2.24) is 14.8 Å². The number of allylic oxidation sites excluding steroid dienone is 1. The van der Waals surface area contributed by atoms with Gasteiger partial charge in [-0.15, -0.1) is 0 Å². The van der Waals surface area contributed by atoms with E-state index in [0.717, 1.165) is 28.3 Å². The molecule has 1 aliphatic rings. The van der Waals surface area contributed by atoms with Crippen molar-refractivity contribution >= 4 is 17.5 Å². The molecule has 170 valence electrons. The second-order valence-corrected chi connectivity index (χ2v) is 8.26. The lowest BCUT2D eigenvalue weighted by Gasteiger charge is -2.28. The Kier molecular flexibility index (Phi) is 5.82. The third-order valence-corrected chi connectivity index (χ3v) is 5.75. The summed E-state index contributed by atoms with van der Waals surface area (Å²) in [6.45, 7) is 4.44. The fraction of sp³-hybridized carbons (Fsp3) is 0.148. The number of hydrogen-bond donors (Lipinski definition) is 2. The number of carbonyl (C=O) groups is 1. The van der Waals surface area contributed by atoms with Crippen LogP contribution in [-0.4, -0.2) is 20.7 Å². The summed E-state index contributed by atoms with van der Waals surface area (Å²) in [5.74, 6) is 1.16. The van der Waals surface area contributed by atoms with Crippen LogP contribution in [0.2, 0.25) is 0 Å². The van der Waals surface area contributed by atoms with Gasteiger partial charge in [0.2, 0.25) is 5.95 Å². The second-order valence-electron chi connectivity index (χ2n) is 8.26. The summed E-state index contributed by atoms with van der Waals surface area (Å²) in [5.41, 5.74) is 5.28. The number of benzene rings is 3. The van der Waals surface area contributed by atoms with Gasteiger partial charge in [-0.2, -0.15) is 10.1 Å². The van der Waals surface area contributed by atoms with Gasteiger partial charge >= 0.3 is 0 Å². The Morgan fingerprint density at radius 2 is 1.82 bits per heavy atom. The molecular weight excluding hydrogens is 426 g/mol. The molecule has 0 aliphatic carbocycles. The number of anilines is 2. The number of para-hydroxylation sites is 1. The number of amides is 1. The van der Waals surface area contributed by atoms with Crippen LogP contribution in [0.15, 0.2) is 96.5 Å². The van der Waals surface area contributed by atoms with Crippen LogP contribution in [0.5, 0.6) is 5.75 Å². The average molecular weight is 452 g/mol. The van der Waals surface area contributed by atoms with E-state index >= 15 is 0 Å². The first kappa shape index (κ1) is 21.5. The molecule has 0 bridgehead atoms. The molecule has 0 saturated heterocycles. The molecular formula is C27H25N5O2. The average Bonchev–Trinajstić information content (AvgIpc) is 3.31. The summed E-state index contributed by atoms with van der Waals surface area (Å²) < 4.78 is 7.71. The van der Waals surface area contributed by atoms with Crippen LogP contribution in [-0.2, 0) is 11.4 Å². The van der Waals surface area contributed by atoms with Gasteiger partial charge in [0.1, 0.15) is 24.7 Å². The second kappa shape index (κ2) is 9.23. The highest BCUT2D eigenvalue weighted by Crippen LogP contribution is 2.35. The highest BCUT2D eigenvalue weighted by molar-refractivity contribution is 6.06. The van der Waals surface area contributed by atoms with Crippen LogP contribution in [0.4, 0.5) is 11.6 Å². The first-order chi connectivity index (χ1) is 16.6. The van der Waals surface area contributed by atoms with Gasteiger partial charge in [-0.25, -0.2) is 4.68 Å². The van der Waals surface area contributed by atoms with Crippen LogP contribution in [0, 0.1) is 6.92 Å². The maximum atomic E-state index is 13.4. The molecule has 1 aromatic heterocycles. The molecule has 0 spiro atoms. The number of ether oxygens (including phenoxy) is 1. The number of fused-ring (bicyclic) bond motifs is 1. The highest BCUT2D eigenvalue weighted by atomic mass is 16.5. The van der Waals surface area contributed by atoms with E-state index in [1.54, 1.807) is 4.68 Å². The lowest BCUT2D eigenvalue weighted by molar-refractivity contribution is -0.113. The summed E-state index contributed by atoms with van der Waals surface area (Å²) >= 11 is 0. The van der Waals surface area contributed by atoms with Crippen molar-refractivity contribution in [3.63, 3.8) is 0 Å². The van der Waals surface area contributed by atoms with E-state index in [0.29, 0.717) is 18.1 Å². The predicted octanol–water partition coefficient (Wildman–Crippen LogP) is 5.09. The standard InChI is InChI=1S/C27H25N5O2/c1-18-7-6-8-20(15-18)16-34-23-13-11-21(12-14-23)25-24(19(2)30-27-28-17-29-32(25)27)26(33)31-22-9-4-3-5-10-22/h3-15,17,25H,16H2,1-2H3,(H,31,33)(H,28,29,30)/t25-/m0/s1. The van der Waals surface area contributed by atoms with E-state index in [1.165, 1.54) is 11.9 Å². The molecule has 0 fully saturated rings. The summed E-state index contributed by atoms with van der Waals surface area (Å²) in [4.78, 5) is 17.7. The van der Waals surface area contributed by atoms with Crippen LogP contribution in [0.25, 0.3) is 0 Å². The van der Waals surface area contributed by atoms with Crippen molar-refractivity contribution < 1.29 is 9.53 Å². The predicted molar refractivity (Wildman–Crippen MR) is 132 cm³/mol. The number of rotatable bonds is 6. The lowest BCUT2D eigenvalue weighted by atomic mass is 9.95. The maximum Gasteiger partial charge on any atom is 0.255 e. The fourth-order valence-corrected chi connectivity index (χ4v) is 4.13. The van der Waals surface area contributed by atoms with Crippen molar-refractivity contribution in [3.05, 3.63) is 113 Å². The largest absolute Gasteiger partial charge is 0.489 e. The third-order valence-electron chi connectivity index (χ3n) is 5.75.